The highest BCUT2D eigenvalue weighted by Gasteiger charge is 2.16. The zero-order valence-corrected chi connectivity index (χ0v) is 11.8. The molecule has 108 valence electrons. The third-order valence-electron chi connectivity index (χ3n) is 3.56. The van der Waals surface area contributed by atoms with Crippen LogP contribution < -0.4 is 0 Å². The molecule has 1 N–H and O–H groups in total. The summed E-state index contributed by atoms with van der Waals surface area (Å²) in [7, 11) is 0. The second-order valence-corrected chi connectivity index (χ2v) is 5.12. The zero-order valence-electron chi connectivity index (χ0n) is 11.8. The molecule has 2 aliphatic carbocycles. The van der Waals surface area contributed by atoms with Crippen LogP contribution in [-0.2, 0) is 9.59 Å². The van der Waals surface area contributed by atoms with Gasteiger partial charge in [-0.3, -0.25) is 9.59 Å². The lowest BCUT2D eigenvalue weighted by Crippen LogP contribution is -2.02. The highest BCUT2D eigenvalue weighted by Crippen LogP contribution is 2.33. The summed E-state index contributed by atoms with van der Waals surface area (Å²) in [6.45, 7) is 0. The van der Waals surface area contributed by atoms with Crippen LogP contribution in [0.3, 0.4) is 0 Å². The van der Waals surface area contributed by atoms with Gasteiger partial charge < -0.3 is 5.11 Å². The number of allylic oxidation sites excluding steroid dienone is 10. The molecule has 0 radical (unpaired) electrons. The van der Waals surface area contributed by atoms with Crippen molar-refractivity contribution in [1.29, 1.82) is 0 Å². The number of carbonyl (C=O) groups is 2. The van der Waals surface area contributed by atoms with Crippen molar-refractivity contribution < 1.29 is 14.7 Å². The topological polar surface area (TPSA) is 54.4 Å². The first kappa shape index (κ1) is 14.0. The number of hydrogen-bond donors (Lipinski definition) is 1. The van der Waals surface area contributed by atoms with E-state index in [9.17, 15) is 14.7 Å². The molecule has 0 amide bonds. The minimum Gasteiger partial charge on any atom is -0.508 e. The van der Waals surface area contributed by atoms with Gasteiger partial charge in [-0.15, -0.1) is 0 Å². The molecule has 0 spiro atoms. The molecule has 0 saturated carbocycles. The first-order valence-corrected chi connectivity index (χ1v) is 6.99. The Balaban J connectivity index is 2.15. The van der Waals surface area contributed by atoms with Crippen LogP contribution in [0.2, 0.25) is 0 Å². The number of benzene rings is 1. The predicted octanol–water partition coefficient (Wildman–Crippen LogP) is 3.30. The maximum absolute atomic E-state index is 11.7. The molecule has 1 aromatic rings. The molecule has 0 aliphatic heterocycles. The van der Waals surface area contributed by atoms with E-state index in [1.807, 2.05) is 6.08 Å². The van der Waals surface area contributed by atoms with Crippen molar-refractivity contribution in [3.63, 3.8) is 0 Å². The summed E-state index contributed by atoms with van der Waals surface area (Å²) < 4.78 is 0. The largest absolute Gasteiger partial charge is 0.508 e. The van der Waals surface area contributed by atoms with Gasteiger partial charge in [0.15, 0.2) is 11.6 Å². The molecule has 3 rings (SSSR count). The first-order valence-electron chi connectivity index (χ1n) is 6.99. The van der Waals surface area contributed by atoms with E-state index in [4.69, 9.17) is 0 Å². The first-order chi connectivity index (χ1) is 10.6. The Morgan fingerprint density at radius 3 is 2.18 bits per heavy atom. The summed E-state index contributed by atoms with van der Waals surface area (Å²) in [5.74, 6) is 0.0898. The van der Waals surface area contributed by atoms with Gasteiger partial charge in [0, 0.05) is 0 Å². The number of hydrogen-bond acceptors (Lipinski definition) is 3. The molecular formula is C19H14O3. The number of carbonyl (C=O) groups excluding carboxylic acids is 2. The second kappa shape index (κ2) is 5.82. The van der Waals surface area contributed by atoms with E-state index in [1.165, 1.54) is 12.2 Å². The smallest absolute Gasteiger partial charge is 0.178 e. The molecule has 2 aliphatic rings. The number of phenolic OH excluding ortho intramolecular Hbond substituents is 1. The third kappa shape index (κ3) is 2.88. The molecule has 1 aromatic carbocycles. The van der Waals surface area contributed by atoms with E-state index in [-0.39, 0.29) is 17.3 Å². The molecule has 0 bridgehead atoms. The summed E-state index contributed by atoms with van der Waals surface area (Å²) >= 11 is 0. The Kier molecular flexibility index (Phi) is 3.71. The van der Waals surface area contributed by atoms with Crippen molar-refractivity contribution in [1.82, 2.24) is 0 Å². The van der Waals surface area contributed by atoms with Gasteiger partial charge >= 0.3 is 0 Å². The molecule has 0 heterocycles. The van der Waals surface area contributed by atoms with E-state index in [0.717, 1.165) is 22.3 Å². The fourth-order valence-corrected chi connectivity index (χ4v) is 2.54. The van der Waals surface area contributed by atoms with Gasteiger partial charge in [-0.25, -0.2) is 0 Å². The van der Waals surface area contributed by atoms with Crippen molar-refractivity contribution in [3.8, 4) is 5.75 Å². The van der Waals surface area contributed by atoms with Gasteiger partial charge in [0.2, 0.25) is 0 Å². The van der Waals surface area contributed by atoms with Crippen LogP contribution in [0.1, 0.15) is 12.0 Å². The van der Waals surface area contributed by atoms with Crippen LogP contribution in [0.25, 0.3) is 5.57 Å². The van der Waals surface area contributed by atoms with Gasteiger partial charge in [-0.2, -0.15) is 0 Å². The molecule has 3 nitrogen and oxygen atoms in total. The van der Waals surface area contributed by atoms with E-state index in [1.54, 1.807) is 48.6 Å². The SMILES string of the molecule is O=C1C=CC(=C(C2=CC(=O)C=CC2)c2ccc(O)cc2)C=C1. The summed E-state index contributed by atoms with van der Waals surface area (Å²) in [5, 5.41) is 9.47. The second-order valence-electron chi connectivity index (χ2n) is 5.12. The maximum atomic E-state index is 11.7. The Labute approximate surface area is 128 Å². The molecule has 0 aromatic heterocycles. The Morgan fingerprint density at radius 2 is 1.55 bits per heavy atom. The van der Waals surface area contributed by atoms with Crippen LogP contribution in [0.15, 0.2) is 77.9 Å². The lowest BCUT2D eigenvalue weighted by molar-refractivity contribution is -0.111. The van der Waals surface area contributed by atoms with Gasteiger partial charge in [0.25, 0.3) is 0 Å². The minimum absolute atomic E-state index is 0.0435. The van der Waals surface area contributed by atoms with Crippen molar-refractivity contribution in [2.24, 2.45) is 0 Å². The average molecular weight is 290 g/mol. The molecule has 3 heteroatoms. The van der Waals surface area contributed by atoms with Gasteiger partial charge in [0.05, 0.1) is 0 Å². The van der Waals surface area contributed by atoms with E-state index < -0.39 is 0 Å². The standard InChI is InChI=1S/C19H14O3/c20-16-8-4-13(5-9-16)19(14-6-10-17(21)11-7-14)15-2-1-3-18(22)12-15/h1,3-12,20H,2H2. The monoisotopic (exact) mass is 290 g/mol. The van der Waals surface area contributed by atoms with Crippen LogP contribution in [0.4, 0.5) is 0 Å². The fourth-order valence-electron chi connectivity index (χ4n) is 2.54. The number of aromatic hydroxyl groups is 1. The third-order valence-corrected chi connectivity index (χ3v) is 3.56. The molecule has 22 heavy (non-hydrogen) atoms. The van der Waals surface area contributed by atoms with Crippen LogP contribution in [0.5, 0.6) is 5.75 Å². The number of ketones is 2. The quantitative estimate of drug-likeness (QED) is 0.909. The van der Waals surface area contributed by atoms with Crippen molar-refractivity contribution in [3.05, 3.63) is 83.5 Å². The summed E-state index contributed by atoms with van der Waals surface area (Å²) in [6.07, 6.45) is 12.2. The Hall–Kier alpha value is -2.94. The van der Waals surface area contributed by atoms with Gasteiger partial charge in [0.1, 0.15) is 5.75 Å². The lowest BCUT2D eigenvalue weighted by atomic mass is 9.87. The zero-order chi connectivity index (χ0) is 15.5. The average Bonchev–Trinajstić information content (AvgIpc) is 2.51. The molecule has 0 atom stereocenters. The van der Waals surface area contributed by atoms with Gasteiger partial charge in [-0.05, 0) is 65.1 Å². The number of phenols is 1. The minimum atomic E-state index is -0.0533. The number of rotatable bonds is 2. The van der Waals surface area contributed by atoms with Crippen molar-refractivity contribution >= 4 is 17.1 Å². The molecule has 0 saturated heterocycles. The summed E-state index contributed by atoms with van der Waals surface area (Å²) in [4.78, 5) is 23.0. The van der Waals surface area contributed by atoms with Crippen LogP contribution in [-0.4, -0.2) is 16.7 Å². The Morgan fingerprint density at radius 1 is 0.864 bits per heavy atom. The molecule has 0 unspecified atom stereocenters. The maximum Gasteiger partial charge on any atom is 0.178 e. The lowest BCUT2D eigenvalue weighted by Gasteiger charge is -2.17. The van der Waals surface area contributed by atoms with Crippen molar-refractivity contribution in [2.75, 3.05) is 0 Å². The van der Waals surface area contributed by atoms with E-state index in [0.29, 0.717) is 6.42 Å². The van der Waals surface area contributed by atoms with Gasteiger partial charge in [-0.1, -0.05) is 30.4 Å². The Bertz CT molecular complexity index is 766. The summed E-state index contributed by atoms with van der Waals surface area (Å²) in [5.41, 5.74) is 3.57. The van der Waals surface area contributed by atoms with E-state index >= 15 is 0 Å². The van der Waals surface area contributed by atoms with Crippen LogP contribution >= 0.6 is 0 Å². The molecule has 0 fully saturated rings. The normalized spacial score (nSPS) is 16.9. The highest BCUT2D eigenvalue weighted by atomic mass is 16.3. The van der Waals surface area contributed by atoms with E-state index in [2.05, 4.69) is 0 Å². The fraction of sp³-hybridized carbons (Fsp3) is 0.0526. The highest BCUT2D eigenvalue weighted by molar-refractivity contribution is 6.06. The summed E-state index contributed by atoms with van der Waals surface area (Å²) in [6, 6.07) is 6.83. The molecular weight excluding hydrogens is 276 g/mol. The van der Waals surface area contributed by atoms with Crippen molar-refractivity contribution in [2.45, 2.75) is 6.42 Å². The van der Waals surface area contributed by atoms with Crippen LogP contribution in [0, 0.1) is 0 Å². The predicted molar refractivity (Wildman–Crippen MR) is 85.2 cm³/mol.